The van der Waals surface area contributed by atoms with Gasteiger partial charge < -0.3 is 20.9 Å². The number of nitrogens with one attached hydrogen (secondary N) is 3. The van der Waals surface area contributed by atoms with Crippen molar-refractivity contribution in [3.8, 4) is 0 Å². The molecule has 2 atom stereocenters. The lowest BCUT2D eigenvalue weighted by molar-refractivity contribution is -0.125. The molecule has 1 aliphatic rings. The van der Waals surface area contributed by atoms with E-state index in [9.17, 15) is 9.59 Å². The Kier molecular flexibility index (Phi) is 8.69. The highest BCUT2D eigenvalue weighted by molar-refractivity contribution is 7.80. The summed E-state index contributed by atoms with van der Waals surface area (Å²) >= 11 is 6.79. The lowest BCUT2D eigenvalue weighted by Gasteiger charge is -2.37. The average molecular weight is 425 g/mol. The third-order valence-electron chi connectivity index (χ3n) is 5.31. The van der Waals surface area contributed by atoms with Crippen molar-refractivity contribution in [2.45, 2.75) is 52.6 Å². The molecule has 2 unspecified atom stereocenters. The molecule has 3 N–H and O–H groups in total. The van der Waals surface area contributed by atoms with Gasteiger partial charge in [-0.05, 0) is 62.2 Å². The number of rotatable bonds is 7. The number of nitrogens with zero attached hydrogens (tertiary/aromatic N) is 1. The van der Waals surface area contributed by atoms with Gasteiger partial charge in [0.1, 0.15) is 6.04 Å². The molecule has 1 aliphatic heterocycles. The zero-order valence-electron chi connectivity index (χ0n) is 17.2. The highest BCUT2D eigenvalue weighted by Gasteiger charge is 2.34. The molecule has 8 heteroatoms. The Balaban J connectivity index is 2.06. The van der Waals surface area contributed by atoms with Crippen LogP contribution >= 0.6 is 23.6 Å². The number of thiocarbonyl (C=S) groups is 1. The molecule has 6 nitrogen and oxygen atoms in total. The molecule has 1 saturated heterocycles. The van der Waals surface area contributed by atoms with Gasteiger partial charge in [-0.25, -0.2) is 0 Å². The van der Waals surface area contributed by atoms with E-state index in [2.05, 4.69) is 34.7 Å². The number of piperidine rings is 1. The van der Waals surface area contributed by atoms with Gasteiger partial charge >= 0.3 is 0 Å². The molecule has 0 aliphatic carbocycles. The van der Waals surface area contributed by atoms with Crippen LogP contribution in [0.1, 0.15) is 50.2 Å². The topological polar surface area (TPSA) is 73.5 Å². The van der Waals surface area contributed by atoms with Gasteiger partial charge in [-0.1, -0.05) is 19.9 Å². The predicted octanol–water partition coefficient (Wildman–Crippen LogP) is 2.61. The number of carbonyl (C=O) groups is 2. The molecule has 0 radical (unpaired) electrons. The maximum atomic E-state index is 13.0. The van der Waals surface area contributed by atoms with E-state index in [4.69, 9.17) is 12.2 Å². The molecule has 0 aromatic carbocycles. The largest absolute Gasteiger partial charge is 0.363 e. The smallest absolute Gasteiger partial charge is 0.262 e. The second kappa shape index (κ2) is 10.8. The van der Waals surface area contributed by atoms with E-state index in [-0.39, 0.29) is 23.8 Å². The van der Waals surface area contributed by atoms with Gasteiger partial charge in [-0.3, -0.25) is 9.59 Å². The lowest BCUT2D eigenvalue weighted by Crippen LogP contribution is -2.56. The van der Waals surface area contributed by atoms with Crippen LogP contribution in [-0.4, -0.2) is 53.5 Å². The average Bonchev–Trinajstić information content (AvgIpc) is 3.21. The molecule has 0 saturated carbocycles. The van der Waals surface area contributed by atoms with Crippen molar-refractivity contribution in [3.05, 3.63) is 22.4 Å². The number of carbonyl (C=O) groups excluding carboxylic acids is 2. The van der Waals surface area contributed by atoms with Crippen LogP contribution in [0.3, 0.4) is 0 Å². The monoisotopic (exact) mass is 424 g/mol. The fourth-order valence-electron chi connectivity index (χ4n) is 3.20. The van der Waals surface area contributed by atoms with E-state index in [1.54, 1.807) is 6.07 Å². The molecule has 1 aromatic rings. The molecule has 1 aromatic heterocycles. The van der Waals surface area contributed by atoms with Crippen molar-refractivity contribution in [3.63, 3.8) is 0 Å². The Hall–Kier alpha value is -1.67. The quantitative estimate of drug-likeness (QED) is 0.587. The van der Waals surface area contributed by atoms with Crippen molar-refractivity contribution in [2.24, 2.45) is 11.8 Å². The fourth-order valence-corrected chi connectivity index (χ4v) is 4.15. The maximum Gasteiger partial charge on any atom is 0.262 e. The second-order valence-corrected chi connectivity index (χ2v) is 8.96. The van der Waals surface area contributed by atoms with Crippen molar-refractivity contribution in [1.82, 2.24) is 20.9 Å². The molecule has 2 rings (SSSR count). The SMILES string of the molecule is CCNC(=S)N1CCC(C(NC(=O)c2cccs2)C(=O)NC(C)C(C)C)CC1. The Labute approximate surface area is 177 Å². The summed E-state index contributed by atoms with van der Waals surface area (Å²) < 4.78 is 0. The second-order valence-electron chi connectivity index (χ2n) is 7.63. The lowest BCUT2D eigenvalue weighted by atomic mass is 9.88. The summed E-state index contributed by atoms with van der Waals surface area (Å²) in [6.07, 6.45) is 1.62. The Morgan fingerprint density at radius 1 is 1.25 bits per heavy atom. The molecule has 0 spiro atoms. The maximum absolute atomic E-state index is 13.0. The third-order valence-corrected chi connectivity index (χ3v) is 6.58. The minimum atomic E-state index is -0.536. The van der Waals surface area contributed by atoms with E-state index >= 15 is 0 Å². The predicted molar refractivity (Wildman–Crippen MR) is 119 cm³/mol. The van der Waals surface area contributed by atoms with Crippen LogP contribution in [0.25, 0.3) is 0 Å². The van der Waals surface area contributed by atoms with E-state index < -0.39 is 6.04 Å². The van der Waals surface area contributed by atoms with Crippen LogP contribution in [-0.2, 0) is 4.79 Å². The first-order valence-corrected chi connectivity index (χ1v) is 11.3. The van der Waals surface area contributed by atoms with Gasteiger partial charge in [0.2, 0.25) is 5.91 Å². The highest BCUT2D eigenvalue weighted by atomic mass is 32.1. The minimum Gasteiger partial charge on any atom is -0.363 e. The molecule has 2 heterocycles. The number of amides is 2. The minimum absolute atomic E-state index is 0.0510. The summed E-state index contributed by atoms with van der Waals surface area (Å²) in [6.45, 7) is 10.5. The molecular formula is C20H32N4O2S2. The fraction of sp³-hybridized carbons (Fsp3) is 0.650. The normalized spacial score (nSPS) is 17.1. The zero-order valence-corrected chi connectivity index (χ0v) is 18.8. The Morgan fingerprint density at radius 2 is 1.93 bits per heavy atom. The third kappa shape index (κ3) is 6.17. The van der Waals surface area contributed by atoms with E-state index in [1.807, 2.05) is 25.3 Å². The first-order valence-electron chi connectivity index (χ1n) is 10.0. The molecule has 28 heavy (non-hydrogen) atoms. The number of hydrogen-bond acceptors (Lipinski definition) is 4. The van der Waals surface area contributed by atoms with Crippen molar-refractivity contribution in [2.75, 3.05) is 19.6 Å². The number of hydrogen-bond donors (Lipinski definition) is 3. The van der Waals surface area contributed by atoms with Gasteiger partial charge in [-0.2, -0.15) is 0 Å². The molecule has 0 bridgehead atoms. The summed E-state index contributed by atoms with van der Waals surface area (Å²) in [7, 11) is 0. The molecular weight excluding hydrogens is 392 g/mol. The van der Waals surface area contributed by atoms with Crippen LogP contribution in [0.5, 0.6) is 0 Å². The standard InChI is InChI=1S/C20H32N4O2S2/c1-5-21-20(27)24-10-8-15(9-11-24)17(19(26)22-14(4)13(2)3)23-18(25)16-7-6-12-28-16/h6-7,12-15,17H,5,8-11H2,1-4H3,(H,21,27)(H,22,26)(H,23,25). The summed E-state index contributed by atoms with van der Waals surface area (Å²) in [6, 6.07) is 3.14. The van der Waals surface area contributed by atoms with Crippen LogP contribution in [0.15, 0.2) is 17.5 Å². The zero-order chi connectivity index (χ0) is 20.7. The van der Waals surface area contributed by atoms with Crippen LogP contribution < -0.4 is 16.0 Å². The Morgan fingerprint density at radius 3 is 2.46 bits per heavy atom. The number of likely N-dealkylation sites (tertiary alicyclic amines) is 1. The molecule has 156 valence electrons. The molecule has 1 fully saturated rings. The first-order chi connectivity index (χ1) is 13.3. The summed E-state index contributed by atoms with van der Waals surface area (Å²) in [5.41, 5.74) is 0. The van der Waals surface area contributed by atoms with Crippen molar-refractivity contribution < 1.29 is 9.59 Å². The van der Waals surface area contributed by atoms with E-state index in [0.717, 1.165) is 37.6 Å². The first kappa shape index (κ1) is 22.6. The van der Waals surface area contributed by atoms with Crippen LogP contribution in [0.2, 0.25) is 0 Å². The summed E-state index contributed by atoms with van der Waals surface area (Å²) in [5.74, 6) is 0.137. The van der Waals surface area contributed by atoms with Crippen molar-refractivity contribution in [1.29, 1.82) is 0 Å². The summed E-state index contributed by atoms with van der Waals surface area (Å²) in [5, 5.41) is 11.9. The Bertz CT molecular complexity index is 655. The van der Waals surface area contributed by atoms with Crippen LogP contribution in [0.4, 0.5) is 0 Å². The van der Waals surface area contributed by atoms with Gasteiger partial charge in [0, 0.05) is 25.7 Å². The van der Waals surface area contributed by atoms with Crippen LogP contribution in [0, 0.1) is 11.8 Å². The van der Waals surface area contributed by atoms with Gasteiger partial charge in [-0.15, -0.1) is 11.3 Å². The van der Waals surface area contributed by atoms with Gasteiger partial charge in [0.25, 0.3) is 5.91 Å². The van der Waals surface area contributed by atoms with Gasteiger partial charge in [0.15, 0.2) is 5.11 Å². The van der Waals surface area contributed by atoms with E-state index in [1.165, 1.54) is 11.3 Å². The van der Waals surface area contributed by atoms with Gasteiger partial charge in [0.05, 0.1) is 4.88 Å². The highest BCUT2D eigenvalue weighted by Crippen LogP contribution is 2.22. The molecule has 2 amide bonds. The number of thiophene rings is 1. The van der Waals surface area contributed by atoms with E-state index in [0.29, 0.717) is 10.8 Å². The summed E-state index contributed by atoms with van der Waals surface area (Å²) in [4.78, 5) is 28.4. The van der Waals surface area contributed by atoms with Crippen molar-refractivity contribution >= 4 is 40.5 Å².